The van der Waals surface area contributed by atoms with Gasteiger partial charge in [-0.2, -0.15) is 0 Å². The first-order chi connectivity index (χ1) is 10.0. The highest BCUT2D eigenvalue weighted by Gasteiger charge is 2.06. The fourth-order valence-corrected chi connectivity index (χ4v) is 1.67. The van der Waals surface area contributed by atoms with Gasteiger partial charge in [-0.3, -0.25) is 4.98 Å². The van der Waals surface area contributed by atoms with E-state index < -0.39 is 6.09 Å². The molecule has 0 saturated carbocycles. The minimum atomic E-state index is -0.907. The molecule has 1 aromatic heterocycles. The van der Waals surface area contributed by atoms with Crippen molar-refractivity contribution in [2.24, 2.45) is 4.99 Å². The number of pyridine rings is 1. The topological polar surface area (TPSA) is 89.3 Å². The quantitative estimate of drug-likeness (QED) is 0.644. The van der Waals surface area contributed by atoms with Gasteiger partial charge in [-0.25, -0.2) is 9.79 Å². The Morgan fingerprint density at radius 1 is 1.38 bits per heavy atom. The van der Waals surface area contributed by atoms with Gasteiger partial charge in [0.2, 0.25) is 0 Å². The van der Waals surface area contributed by atoms with Gasteiger partial charge in [0.15, 0.2) is 5.75 Å². The summed E-state index contributed by atoms with van der Waals surface area (Å²) in [6.07, 6.45) is 7.71. The van der Waals surface area contributed by atoms with Gasteiger partial charge in [-0.15, -0.1) is 0 Å². The number of hydrogen-bond donors (Lipinski definition) is 2. The van der Waals surface area contributed by atoms with E-state index in [4.69, 9.17) is 5.11 Å². The SMILES string of the molecule is CN(C)C(=O)O.Oc1cnccc1/N=C/N1CCCCC1. The molecule has 1 aromatic rings. The largest absolute Gasteiger partial charge is 0.504 e. The number of carbonyl (C=O) groups is 1. The lowest BCUT2D eigenvalue weighted by Gasteiger charge is -2.23. The number of piperidine rings is 1. The van der Waals surface area contributed by atoms with Crippen LogP contribution in [0, 0.1) is 0 Å². The van der Waals surface area contributed by atoms with E-state index in [-0.39, 0.29) is 5.75 Å². The first-order valence-electron chi connectivity index (χ1n) is 6.82. The van der Waals surface area contributed by atoms with E-state index in [1.165, 1.54) is 39.6 Å². The van der Waals surface area contributed by atoms with E-state index in [2.05, 4.69) is 14.9 Å². The van der Waals surface area contributed by atoms with Crippen LogP contribution in [0.15, 0.2) is 23.5 Å². The van der Waals surface area contributed by atoms with E-state index in [1.54, 1.807) is 12.3 Å². The van der Waals surface area contributed by atoms with Crippen LogP contribution in [0.1, 0.15) is 19.3 Å². The average molecular weight is 294 g/mol. The summed E-state index contributed by atoms with van der Waals surface area (Å²) in [6.45, 7) is 2.13. The Morgan fingerprint density at radius 2 is 2.00 bits per heavy atom. The maximum atomic E-state index is 9.62. The minimum absolute atomic E-state index is 0.130. The molecule has 0 radical (unpaired) electrons. The van der Waals surface area contributed by atoms with Gasteiger partial charge in [0.05, 0.1) is 12.5 Å². The van der Waals surface area contributed by atoms with E-state index in [0.29, 0.717) is 5.69 Å². The lowest BCUT2D eigenvalue weighted by molar-refractivity contribution is 0.165. The van der Waals surface area contributed by atoms with Gasteiger partial charge >= 0.3 is 6.09 Å². The highest BCUT2D eigenvalue weighted by molar-refractivity contribution is 5.64. The number of aliphatic imine (C=N–C) groups is 1. The Kier molecular flexibility index (Phi) is 7.00. The van der Waals surface area contributed by atoms with Crippen LogP contribution in [0.3, 0.4) is 0 Å². The molecule has 2 heterocycles. The van der Waals surface area contributed by atoms with E-state index in [0.717, 1.165) is 18.0 Å². The molecule has 0 unspecified atom stereocenters. The highest BCUT2D eigenvalue weighted by Crippen LogP contribution is 2.23. The van der Waals surface area contributed by atoms with Crippen molar-refractivity contribution in [3.63, 3.8) is 0 Å². The summed E-state index contributed by atoms with van der Waals surface area (Å²) in [4.78, 5) is 20.9. The zero-order valence-electron chi connectivity index (χ0n) is 12.4. The molecule has 1 saturated heterocycles. The summed E-state index contributed by atoms with van der Waals surface area (Å²) < 4.78 is 0. The first-order valence-corrected chi connectivity index (χ1v) is 6.82. The average Bonchev–Trinajstić information content (AvgIpc) is 2.48. The molecule has 0 atom stereocenters. The summed E-state index contributed by atoms with van der Waals surface area (Å²) in [6, 6.07) is 1.70. The van der Waals surface area contributed by atoms with Gasteiger partial charge < -0.3 is 20.0 Å². The van der Waals surface area contributed by atoms with Crippen molar-refractivity contribution in [2.45, 2.75) is 19.3 Å². The number of likely N-dealkylation sites (tertiary alicyclic amines) is 1. The van der Waals surface area contributed by atoms with Crippen LogP contribution in [0.4, 0.5) is 10.5 Å². The molecule has 1 aliphatic heterocycles. The van der Waals surface area contributed by atoms with Crippen molar-refractivity contribution in [3.05, 3.63) is 18.5 Å². The van der Waals surface area contributed by atoms with Crippen LogP contribution in [-0.4, -0.2) is 64.6 Å². The molecular formula is C14H22N4O3. The monoisotopic (exact) mass is 294 g/mol. The number of aromatic nitrogens is 1. The zero-order chi connectivity index (χ0) is 15.7. The predicted molar refractivity (Wildman–Crippen MR) is 81.2 cm³/mol. The Morgan fingerprint density at radius 3 is 2.52 bits per heavy atom. The molecule has 7 heteroatoms. The number of rotatable bonds is 2. The Bertz CT molecular complexity index is 471. The van der Waals surface area contributed by atoms with Crippen LogP contribution in [-0.2, 0) is 0 Å². The Hall–Kier alpha value is -2.31. The predicted octanol–water partition coefficient (Wildman–Crippen LogP) is 2.16. The zero-order valence-corrected chi connectivity index (χ0v) is 12.4. The molecule has 7 nitrogen and oxygen atoms in total. The summed E-state index contributed by atoms with van der Waals surface area (Å²) >= 11 is 0. The third-order valence-electron chi connectivity index (χ3n) is 2.91. The van der Waals surface area contributed by atoms with Crippen molar-refractivity contribution in [3.8, 4) is 5.75 Å². The maximum absolute atomic E-state index is 9.62. The third-order valence-corrected chi connectivity index (χ3v) is 2.91. The number of aromatic hydroxyl groups is 1. The van der Waals surface area contributed by atoms with Gasteiger partial charge in [-0.05, 0) is 25.3 Å². The van der Waals surface area contributed by atoms with Gasteiger partial charge in [0, 0.05) is 33.4 Å². The second-order valence-corrected chi connectivity index (χ2v) is 4.88. The number of nitrogens with zero attached hydrogens (tertiary/aromatic N) is 4. The van der Waals surface area contributed by atoms with Crippen LogP contribution < -0.4 is 0 Å². The first kappa shape index (κ1) is 16.7. The molecule has 21 heavy (non-hydrogen) atoms. The second-order valence-electron chi connectivity index (χ2n) is 4.88. The lowest BCUT2D eigenvalue weighted by Crippen LogP contribution is -2.27. The lowest BCUT2D eigenvalue weighted by atomic mass is 10.1. The Labute approximate surface area is 124 Å². The molecule has 116 valence electrons. The highest BCUT2D eigenvalue weighted by atomic mass is 16.4. The molecule has 0 spiro atoms. The van der Waals surface area contributed by atoms with Crippen LogP contribution in [0.25, 0.3) is 0 Å². The molecule has 2 N–H and O–H groups in total. The van der Waals surface area contributed by atoms with Gasteiger partial charge in [-0.1, -0.05) is 0 Å². The summed E-state index contributed by atoms with van der Waals surface area (Å²) in [7, 11) is 2.95. The molecule has 0 bridgehead atoms. The second kappa shape index (κ2) is 8.78. The van der Waals surface area contributed by atoms with E-state index in [9.17, 15) is 9.90 Å². The van der Waals surface area contributed by atoms with Crippen molar-refractivity contribution < 1.29 is 15.0 Å². The van der Waals surface area contributed by atoms with Gasteiger partial charge in [0.1, 0.15) is 5.69 Å². The molecular weight excluding hydrogens is 272 g/mol. The minimum Gasteiger partial charge on any atom is -0.504 e. The standard InChI is InChI=1S/C11H15N3O.C3H7NO2/c15-11-8-12-5-4-10(11)13-9-14-6-2-1-3-7-14;1-4(2)3(5)6/h4-5,8-9,15H,1-3,6-7H2;1-2H3,(H,5,6)/b13-9+;. The van der Waals surface area contributed by atoms with Gasteiger partial charge in [0.25, 0.3) is 0 Å². The van der Waals surface area contributed by atoms with Crippen molar-refractivity contribution in [2.75, 3.05) is 27.2 Å². The third kappa shape index (κ3) is 6.60. The fourth-order valence-electron chi connectivity index (χ4n) is 1.67. The molecule has 0 aromatic carbocycles. The molecule has 2 rings (SSSR count). The summed E-state index contributed by atoms with van der Waals surface area (Å²) in [5, 5.41) is 17.4. The van der Waals surface area contributed by atoms with Crippen molar-refractivity contribution >= 4 is 18.1 Å². The summed E-state index contributed by atoms with van der Waals surface area (Å²) in [5.74, 6) is 0.130. The van der Waals surface area contributed by atoms with Crippen LogP contribution >= 0.6 is 0 Å². The molecule has 1 aliphatic rings. The summed E-state index contributed by atoms with van der Waals surface area (Å²) in [5.41, 5.74) is 0.579. The molecule has 1 fully saturated rings. The van der Waals surface area contributed by atoms with Crippen LogP contribution in [0.2, 0.25) is 0 Å². The molecule has 1 amide bonds. The number of amides is 1. The number of carboxylic acid groups (broad SMARTS) is 1. The van der Waals surface area contributed by atoms with E-state index >= 15 is 0 Å². The van der Waals surface area contributed by atoms with E-state index in [1.807, 2.05) is 6.34 Å². The number of hydrogen-bond acceptors (Lipinski definition) is 4. The Balaban J connectivity index is 0.000000315. The normalized spacial score (nSPS) is 14.5. The van der Waals surface area contributed by atoms with Crippen LogP contribution in [0.5, 0.6) is 5.75 Å². The van der Waals surface area contributed by atoms with Crippen molar-refractivity contribution in [1.82, 2.24) is 14.8 Å². The molecule has 0 aliphatic carbocycles. The smallest absolute Gasteiger partial charge is 0.406 e. The maximum Gasteiger partial charge on any atom is 0.406 e. The van der Waals surface area contributed by atoms with Crippen molar-refractivity contribution in [1.29, 1.82) is 0 Å². The fraction of sp³-hybridized carbons (Fsp3) is 0.500.